The summed E-state index contributed by atoms with van der Waals surface area (Å²) in [7, 11) is 4.74. The van der Waals surface area contributed by atoms with E-state index < -0.39 is 5.97 Å². The molecule has 0 spiro atoms. The molecule has 0 saturated carbocycles. The molecule has 0 bridgehead atoms. The van der Waals surface area contributed by atoms with Crippen LogP contribution in [0, 0.1) is 6.92 Å². The van der Waals surface area contributed by atoms with Crippen molar-refractivity contribution in [1.29, 1.82) is 0 Å². The maximum atomic E-state index is 11.2. The Kier molecular flexibility index (Phi) is 6.87. The molecule has 3 aromatic heterocycles. The monoisotopic (exact) mass is 508 g/mol. The molecule has 1 atom stereocenters. The fourth-order valence-electron chi connectivity index (χ4n) is 4.59. The number of pyridine rings is 1. The largest absolute Gasteiger partial charge is 0.477 e. The molecular weight excluding hydrogens is 479 g/mol. The number of hydrogen-bond acceptors (Lipinski definition) is 6. The number of rotatable bonds is 7. The van der Waals surface area contributed by atoms with E-state index in [1.54, 1.807) is 6.07 Å². The van der Waals surface area contributed by atoms with Gasteiger partial charge in [-0.05, 0) is 55.9 Å². The number of ether oxygens (including phenoxy) is 1. The van der Waals surface area contributed by atoms with Crippen LogP contribution in [0.1, 0.15) is 51.1 Å². The average Bonchev–Trinajstić information content (AvgIpc) is 3.39. The lowest BCUT2D eigenvalue weighted by Gasteiger charge is -2.31. The van der Waals surface area contributed by atoms with Crippen LogP contribution in [0.25, 0.3) is 10.3 Å². The summed E-state index contributed by atoms with van der Waals surface area (Å²) in [6.45, 7) is 5.29. The van der Waals surface area contributed by atoms with Crippen molar-refractivity contribution < 1.29 is 14.6 Å². The van der Waals surface area contributed by atoms with Gasteiger partial charge in [0.15, 0.2) is 0 Å². The Morgan fingerprint density at radius 2 is 2.00 bits per heavy atom. The van der Waals surface area contributed by atoms with Crippen LogP contribution in [-0.2, 0) is 20.2 Å². The molecule has 35 heavy (non-hydrogen) atoms. The van der Waals surface area contributed by atoms with Gasteiger partial charge in [0.05, 0.1) is 12.1 Å². The summed E-state index contributed by atoms with van der Waals surface area (Å²) < 4.78 is 8.04. The van der Waals surface area contributed by atoms with Crippen molar-refractivity contribution >= 4 is 42.2 Å². The molecular formula is C26H29N4O3PS. The van der Waals surface area contributed by atoms with Gasteiger partial charge < -0.3 is 14.4 Å². The van der Waals surface area contributed by atoms with Crippen LogP contribution >= 0.6 is 20.6 Å². The molecule has 1 saturated heterocycles. The molecule has 1 aliphatic rings. The van der Waals surface area contributed by atoms with Crippen molar-refractivity contribution in [2.75, 3.05) is 13.1 Å². The number of aromatic nitrogens is 3. The van der Waals surface area contributed by atoms with Gasteiger partial charge in [0.2, 0.25) is 5.88 Å². The number of benzene rings is 1. The molecule has 182 valence electrons. The fraction of sp³-hybridized carbons (Fsp3) is 0.346. The smallest absolute Gasteiger partial charge is 0.346 e. The second kappa shape index (κ2) is 10.1. The molecule has 0 aliphatic carbocycles. The van der Waals surface area contributed by atoms with E-state index in [1.165, 1.54) is 16.9 Å². The Morgan fingerprint density at radius 1 is 1.20 bits per heavy atom. The number of hydrogen-bond donors (Lipinski definition) is 1. The average molecular weight is 509 g/mol. The summed E-state index contributed by atoms with van der Waals surface area (Å²) in [6, 6.07) is 14.1. The third kappa shape index (κ3) is 5.25. The molecule has 7 nitrogen and oxygen atoms in total. The lowest BCUT2D eigenvalue weighted by atomic mass is 9.93. The van der Waals surface area contributed by atoms with E-state index in [1.807, 2.05) is 23.7 Å². The molecule has 1 unspecified atom stereocenters. The summed E-state index contributed by atoms with van der Waals surface area (Å²) in [5, 5.41) is 10.4. The van der Waals surface area contributed by atoms with Crippen molar-refractivity contribution in [2.24, 2.45) is 7.05 Å². The summed E-state index contributed by atoms with van der Waals surface area (Å²) in [5.41, 5.74) is 4.36. The van der Waals surface area contributed by atoms with Crippen LogP contribution in [0.2, 0.25) is 0 Å². The highest BCUT2D eigenvalue weighted by molar-refractivity contribution is 7.27. The van der Waals surface area contributed by atoms with Gasteiger partial charge in [-0.2, -0.15) is 0 Å². The van der Waals surface area contributed by atoms with E-state index in [4.69, 9.17) is 14.7 Å². The zero-order valence-corrected chi connectivity index (χ0v) is 21.9. The quantitative estimate of drug-likeness (QED) is 0.371. The Labute approximate surface area is 211 Å². The third-order valence-corrected chi connectivity index (χ3v) is 8.22. The zero-order valence-electron chi connectivity index (χ0n) is 19.9. The number of carbonyl (C=O) groups is 1. The number of aromatic carboxylic acids is 1. The van der Waals surface area contributed by atoms with Crippen LogP contribution in [-0.4, -0.2) is 43.6 Å². The van der Waals surface area contributed by atoms with Crippen molar-refractivity contribution in [3.05, 3.63) is 70.0 Å². The van der Waals surface area contributed by atoms with Crippen molar-refractivity contribution in [3.8, 4) is 5.88 Å². The summed E-state index contributed by atoms with van der Waals surface area (Å²) in [4.78, 5) is 24.3. The number of thiophene rings is 1. The summed E-state index contributed by atoms with van der Waals surface area (Å²) in [6.07, 6.45) is 2.07. The van der Waals surface area contributed by atoms with Gasteiger partial charge in [-0.1, -0.05) is 29.8 Å². The summed E-state index contributed by atoms with van der Waals surface area (Å²) in [5.74, 6) is 1.15. The van der Waals surface area contributed by atoms with Crippen molar-refractivity contribution in [2.45, 2.75) is 38.8 Å². The maximum absolute atomic E-state index is 11.2. The van der Waals surface area contributed by atoms with Gasteiger partial charge in [0.1, 0.15) is 22.1 Å². The Bertz CT molecular complexity index is 1370. The number of piperidine rings is 1. The lowest BCUT2D eigenvalue weighted by Crippen LogP contribution is -2.33. The van der Waals surface area contributed by atoms with Gasteiger partial charge >= 0.3 is 5.97 Å². The van der Waals surface area contributed by atoms with E-state index in [0.717, 1.165) is 65.2 Å². The van der Waals surface area contributed by atoms with Crippen LogP contribution in [0.3, 0.4) is 0 Å². The second-order valence-corrected chi connectivity index (χ2v) is 10.8. The fourth-order valence-corrected chi connectivity index (χ4v) is 5.95. The van der Waals surface area contributed by atoms with Crippen LogP contribution in [0.15, 0.2) is 42.5 Å². The van der Waals surface area contributed by atoms with Gasteiger partial charge in [0, 0.05) is 24.7 Å². The number of likely N-dealkylation sites (tertiary alicyclic amines) is 1. The van der Waals surface area contributed by atoms with E-state index in [0.29, 0.717) is 23.3 Å². The van der Waals surface area contributed by atoms with Crippen molar-refractivity contribution in [1.82, 2.24) is 19.4 Å². The molecule has 1 aromatic carbocycles. The third-order valence-electron chi connectivity index (χ3n) is 6.68. The predicted molar refractivity (Wildman–Crippen MR) is 142 cm³/mol. The highest BCUT2D eigenvalue weighted by atomic mass is 32.1. The minimum absolute atomic E-state index is 0.331. The first kappa shape index (κ1) is 23.9. The van der Waals surface area contributed by atoms with E-state index in [-0.39, 0.29) is 0 Å². The number of carboxylic acids is 1. The topological polar surface area (TPSA) is 80.5 Å². The maximum Gasteiger partial charge on any atom is 0.346 e. The van der Waals surface area contributed by atoms with Gasteiger partial charge in [-0.25, -0.2) is 14.8 Å². The SMILES string of the molecule is Cc1ccc(COc2cccc(C3CCN(Cc4nc5sc(C(=O)O)cc5n4C)CC3)n2)c(P)c1. The molecule has 4 aromatic rings. The standard InChI is InChI=1S/C26H29N4O3PS/c1-16-6-7-18(21(34)12-16)15-33-24-5-3-4-19(27-24)17-8-10-30(11-9-17)14-23-28-25-20(29(23)2)13-22(35-25)26(31)32/h3-7,12-13,17H,8-11,14-15,34H2,1-2H3,(H,31,32). The molecule has 0 amide bonds. The van der Waals surface area contributed by atoms with E-state index >= 15 is 0 Å². The minimum Gasteiger partial charge on any atom is -0.477 e. The van der Waals surface area contributed by atoms with Gasteiger partial charge in [-0.3, -0.25) is 4.90 Å². The number of carboxylic acid groups (broad SMARTS) is 1. The molecule has 9 heteroatoms. The van der Waals surface area contributed by atoms with Crippen LogP contribution in [0.5, 0.6) is 5.88 Å². The van der Waals surface area contributed by atoms with Crippen LogP contribution in [0.4, 0.5) is 0 Å². The number of imidazole rings is 1. The lowest BCUT2D eigenvalue weighted by molar-refractivity contribution is 0.0702. The number of fused-ring (bicyclic) bond motifs is 1. The van der Waals surface area contributed by atoms with E-state index in [2.05, 4.69) is 45.3 Å². The van der Waals surface area contributed by atoms with Crippen molar-refractivity contribution in [3.63, 3.8) is 0 Å². The highest BCUT2D eigenvalue weighted by Gasteiger charge is 2.24. The first-order chi connectivity index (χ1) is 16.9. The highest BCUT2D eigenvalue weighted by Crippen LogP contribution is 2.30. The second-order valence-electron chi connectivity index (χ2n) is 9.14. The minimum atomic E-state index is -0.899. The van der Waals surface area contributed by atoms with Crippen LogP contribution < -0.4 is 10.0 Å². The Morgan fingerprint density at radius 3 is 2.71 bits per heavy atom. The predicted octanol–water partition coefficient (Wildman–Crippen LogP) is 4.50. The number of nitrogens with zero attached hydrogens (tertiary/aromatic N) is 4. The molecule has 1 aliphatic heterocycles. The zero-order chi connectivity index (χ0) is 24.5. The number of aryl methyl sites for hydroxylation is 2. The first-order valence-corrected chi connectivity index (χ1v) is 13.1. The first-order valence-electron chi connectivity index (χ1n) is 11.7. The molecule has 5 rings (SSSR count). The van der Waals surface area contributed by atoms with Gasteiger partial charge in [-0.15, -0.1) is 20.6 Å². The molecule has 4 heterocycles. The Balaban J connectivity index is 1.18. The van der Waals surface area contributed by atoms with Gasteiger partial charge in [0.25, 0.3) is 0 Å². The van der Waals surface area contributed by atoms with E-state index in [9.17, 15) is 9.90 Å². The summed E-state index contributed by atoms with van der Waals surface area (Å²) >= 11 is 1.23. The molecule has 0 radical (unpaired) electrons. The molecule has 1 N–H and O–H groups in total. The normalized spacial score (nSPS) is 15.1. The Hall–Kier alpha value is -2.80. The molecule has 1 fully saturated rings.